The molecule has 1 heterocycles. The molecule has 2 aromatic rings. The van der Waals surface area contributed by atoms with Crippen LogP contribution in [0, 0.1) is 0 Å². The smallest absolute Gasteiger partial charge is 0.338 e. The summed E-state index contributed by atoms with van der Waals surface area (Å²) < 4.78 is 5.26. The maximum atomic E-state index is 12.7. The molecule has 0 fully saturated rings. The molecule has 26 heavy (non-hydrogen) atoms. The molecule has 136 valence electrons. The molecular weight excluding hydrogens is 346 g/mol. The first-order valence-corrected chi connectivity index (χ1v) is 9.78. The van der Waals surface area contributed by atoms with Gasteiger partial charge in [-0.05, 0) is 42.7 Å². The van der Waals surface area contributed by atoms with Crippen LogP contribution in [0.25, 0.3) is 0 Å². The third-order valence-corrected chi connectivity index (χ3v) is 5.71. The van der Waals surface area contributed by atoms with Crippen LogP contribution in [0.15, 0.2) is 53.4 Å². The maximum absolute atomic E-state index is 12.7. The van der Waals surface area contributed by atoms with Crippen molar-refractivity contribution in [1.82, 2.24) is 0 Å². The molecule has 0 aromatic heterocycles. The highest BCUT2D eigenvalue weighted by atomic mass is 32.2. The van der Waals surface area contributed by atoms with Gasteiger partial charge >= 0.3 is 5.97 Å². The first-order chi connectivity index (χ1) is 12.6. The summed E-state index contributed by atoms with van der Waals surface area (Å²) in [6.07, 6.45) is 1.82. The van der Waals surface area contributed by atoms with Gasteiger partial charge in [0.05, 0.1) is 11.3 Å². The number of fused-ring (bicyclic) bond motifs is 1. The highest BCUT2D eigenvalue weighted by molar-refractivity contribution is 8.00. The largest absolute Gasteiger partial charge is 0.452 e. The lowest BCUT2D eigenvalue weighted by Crippen LogP contribution is -2.35. The predicted octanol–water partition coefficient (Wildman–Crippen LogP) is 4.32. The van der Waals surface area contributed by atoms with Crippen molar-refractivity contribution < 1.29 is 14.3 Å². The fraction of sp³-hybridized carbons (Fsp3) is 0.333. The lowest BCUT2D eigenvalue weighted by atomic mass is 10.1. The molecule has 1 aliphatic heterocycles. The number of rotatable bonds is 4. The molecule has 0 saturated heterocycles. The lowest BCUT2D eigenvalue weighted by Gasteiger charge is -2.22. The Morgan fingerprint density at radius 3 is 2.62 bits per heavy atom. The molecule has 3 rings (SSSR count). The zero-order chi connectivity index (χ0) is 18.5. The van der Waals surface area contributed by atoms with Crippen LogP contribution in [-0.4, -0.2) is 30.3 Å². The van der Waals surface area contributed by atoms with Crippen LogP contribution in [-0.2, 0) is 16.0 Å². The van der Waals surface area contributed by atoms with E-state index in [9.17, 15) is 9.59 Å². The van der Waals surface area contributed by atoms with Gasteiger partial charge in [-0.2, -0.15) is 0 Å². The fourth-order valence-corrected chi connectivity index (χ4v) is 4.02. The summed E-state index contributed by atoms with van der Waals surface area (Å²) in [7, 11) is 0. The summed E-state index contributed by atoms with van der Waals surface area (Å²) in [5, 5.41) is 0.439. The number of amides is 1. The van der Waals surface area contributed by atoms with E-state index in [4.69, 9.17) is 4.74 Å². The number of ether oxygens (including phenoxy) is 1. The zero-order valence-corrected chi connectivity index (χ0v) is 15.9. The first kappa shape index (κ1) is 18.5. The van der Waals surface area contributed by atoms with Crippen molar-refractivity contribution in [1.29, 1.82) is 0 Å². The Morgan fingerprint density at radius 2 is 1.88 bits per heavy atom. The van der Waals surface area contributed by atoms with Crippen molar-refractivity contribution in [2.45, 2.75) is 36.8 Å². The van der Waals surface area contributed by atoms with E-state index < -0.39 is 5.97 Å². The summed E-state index contributed by atoms with van der Waals surface area (Å²) in [5.41, 5.74) is 2.52. The number of aryl methyl sites for hydroxylation is 1. The van der Waals surface area contributed by atoms with Crippen molar-refractivity contribution in [2.24, 2.45) is 0 Å². The van der Waals surface area contributed by atoms with Crippen LogP contribution in [0.5, 0.6) is 0 Å². The molecule has 1 amide bonds. The van der Waals surface area contributed by atoms with Gasteiger partial charge < -0.3 is 9.64 Å². The topological polar surface area (TPSA) is 46.6 Å². The minimum absolute atomic E-state index is 0.189. The van der Waals surface area contributed by atoms with E-state index >= 15 is 0 Å². The molecule has 0 saturated carbocycles. The number of carbonyl (C=O) groups excluding carboxylic acids is 2. The van der Waals surface area contributed by atoms with Crippen LogP contribution in [0.2, 0.25) is 0 Å². The number of carbonyl (C=O) groups is 2. The van der Waals surface area contributed by atoms with Gasteiger partial charge in [0, 0.05) is 16.7 Å². The molecule has 0 aliphatic carbocycles. The van der Waals surface area contributed by atoms with Gasteiger partial charge in [0.2, 0.25) is 0 Å². The Morgan fingerprint density at radius 1 is 1.15 bits per heavy atom. The second kappa shape index (κ2) is 8.41. The number of nitrogens with zero attached hydrogens (tertiary/aromatic N) is 1. The standard InChI is InChI=1S/C21H23NO3S/c1-3-16-8-10-17(11-9-16)21(24)25-14-20(23)22-13-12-15(2)26-19-7-5-4-6-18(19)22/h4-11,15H,3,12-14H2,1-2H3/t15-/m0/s1. The van der Waals surface area contributed by atoms with Crippen LogP contribution in [0.1, 0.15) is 36.2 Å². The normalized spacial score (nSPS) is 16.5. The summed E-state index contributed by atoms with van der Waals surface area (Å²) in [5.74, 6) is -0.655. The van der Waals surface area contributed by atoms with Gasteiger partial charge in [-0.25, -0.2) is 4.79 Å². The molecule has 2 aromatic carbocycles. The van der Waals surface area contributed by atoms with Crippen LogP contribution in [0.4, 0.5) is 5.69 Å². The average molecular weight is 369 g/mol. The molecule has 0 spiro atoms. The maximum Gasteiger partial charge on any atom is 0.338 e. The second-order valence-corrected chi connectivity index (χ2v) is 7.84. The van der Waals surface area contributed by atoms with E-state index in [-0.39, 0.29) is 12.5 Å². The molecular formula is C21H23NO3S. The summed E-state index contributed by atoms with van der Waals surface area (Å²) in [6.45, 7) is 4.61. The van der Waals surface area contributed by atoms with Gasteiger partial charge in [0.15, 0.2) is 6.61 Å². The Bertz CT molecular complexity index is 788. The summed E-state index contributed by atoms with van der Waals surface area (Å²) in [6, 6.07) is 15.2. The Kier molecular flexibility index (Phi) is 5.99. The molecule has 4 nitrogen and oxygen atoms in total. The second-order valence-electron chi connectivity index (χ2n) is 6.36. The number of esters is 1. The molecule has 1 atom stereocenters. The van der Waals surface area contributed by atoms with Gasteiger partial charge in [-0.15, -0.1) is 11.8 Å². The summed E-state index contributed by atoms with van der Waals surface area (Å²) >= 11 is 1.78. The number of para-hydroxylation sites is 1. The van der Waals surface area contributed by atoms with E-state index in [1.807, 2.05) is 36.4 Å². The van der Waals surface area contributed by atoms with Gasteiger partial charge in [-0.1, -0.05) is 38.1 Å². The Hall–Kier alpha value is -2.27. The van der Waals surface area contributed by atoms with Crippen molar-refractivity contribution in [3.63, 3.8) is 0 Å². The molecule has 0 bridgehead atoms. The highest BCUT2D eigenvalue weighted by Gasteiger charge is 2.24. The fourth-order valence-electron chi connectivity index (χ4n) is 2.91. The monoisotopic (exact) mass is 369 g/mol. The molecule has 1 aliphatic rings. The van der Waals surface area contributed by atoms with E-state index in [0.29, 0.717) is 17.4 Å². The quantitative estimate of drug-likeness (QED) is 0.753. The van der Waals surface area contributed by atoms with E-state index in [1.165, 1.54) is 0 Å². The number of thioether (sulfide) groups is 1. The van der Waals surface area contributed by atoms with Crippen molar-refractivity contribution in [3.8, 4) is 0 Å². The predicted molar refractivity (Wildman–Crippen MR) is 105 cm³/mol. The molecule has 0 unspecified atom stereocenters. The van der Waals surface area contributed by atoms with Crippen LogP contribution in [0.3, 0.4) is 0 Å². The number of hydrogen-bond acceptors (Lipinski definition) is 4. The first-order valence-electron chi connectivity index (χ1n) is 8.90. The SMILES string of the molecule is CCc1ccc(C(=O)OCC(=O)N2CC[C@H](C)Sc3ccccc32)cc1. The number of anilines is 1. The highest BCUT2D eigenvalue weighted by Crippen LogP contribution is 2.37. The van der Waals surface area contributed by atoms with E-state index in [1.54, 1.807) is 28.8 Å². The average Bonchev–Trinajstić information content (AvgIpc) is 2.84. The van der Waals surface area contributed by atoms with Gasteiger partial charge in [0.25, 0.3) is 5.91 Å². The zero-order valence-electron chi connectivity index (χ0n) is 15.1. The molecule has 5 heteroatoms. The van der Waals surface area contributed by atoms with Crippen molar-refractivity contribution in [3.05, 3.63) is 59.7 Å². The van der Waals surface area contributed by atoms with Crippen LogP contribution < -0.4 is 4.90 Å². The number of hydrogen-bond donors (Lipinski definition) is 0. The lowest BCUT2D eigenvalue weighted by molar-refractivity contribution is -0.121. The van der Waals surface area contributed by atoms with Gasteiger partial charge in [0.1, 0.15) is 0 Å². The minimum atomic E-state index is -0.466. The van der Waals surface area contributed by atoms with Crippen molar-refractivity contribution >= 4 is 29.3 Å². The third kappa shape index (κ3) is 4.28. The number of benzene rings is 2. The van der Waals surface area contributed by atoms with Gasteiger partial charge in [-0.3, -0.25) is 4.79 Å². The Labute approximate surface area is 158 Å². The van der Waals surface area contributed by atoms with E-state index in [0.717, 1.165) is 29.0 Å². The summed E-state index contributed by atoms with van der Waals surface area (Å²) in [4.78, 5) is 27.7. The Balaban J connectivity index is 1.66. The van der Waals surface area contributed by atoms with Crippen LogP contribution >= 0.6 is 11.8 Å². The third-order valence-electron chi connectivity index (χ3n) is 4.47. The molecule has 0 N–H and O–H groups in total. The molecule has 0 radical (unpaired) electrons. The van der Waals surface area contributed by atoms with E-state index in [2.05, 4.69) is 13.8 Å². The minimum Gasteiger partial charge on any atom is -0.452 e. The van der Waals surface area contributed by atoms with Crippen molar-refractivity contribution in [2.75, 3.05) is 18.1 Å².